The van der Waals surface area contributed by atoms with Crippen LogP contribution in [0.3, 0.4) is 0 Å². The van der Waals surface area contributed by atoms with Crippen LogP contribution in [0.25, 0.3) is 0 Å². The van der Waals surface area contributed by atoms with Gasteiger partial charge in [0.05, 0.1) is 39.1 Å². The molecule has 0 radical (unpaired) electrons. The predicted molar refractivity (Wildman–Crippen MR) is 65.6 cm³/mol. The first kappa shape index (κ1) is 16.8. The monoisotopic (exact) mass is 280 g/mol. The van der Waals surface area contributed by atoms with Crippen LogP contribution in [-0.4, -0.2) is 79.6 Å². The van der Waals surface area contributed by atoms with E-state index in [1.807, 2.05) is 6.92 Å². The standard InChI is InChI=1S/C12H24O7/c1-2-16-3-4-17-5-6-18-11-7-9(14)12(15)10(8-13)19-11/h9-15H,2-8H2,1H3/t9-,10-,11-,12-/m1/s1. The van der Waals surface area contributed by atoms with E-state index in [9.17, 15) is 10.2 Å². The summed E-state index contributed by atoms with van der Waals surface area (Å²) in [4.78, 5) is 0. The van der Waals surface area contributed by atoms with Crippen molar-refractivity contribution in [3.05, 3.63) is 0 Å². The lowest BCUT2D eigenvalue weighted by Crippen LogP contribution is -2.50. The van der Waals surface area contributed by atoms with E-state index < -0.39 is 24.6 Å². The molecule has 1 rings (SSSR count). The number of hydrogen-bond donors (Lipinski definition) is 3. The highest BCUT2D eigenvalue weighted by molar-refractivity contribution is 4.82. The van der Waals surface area contributed by atoms with E-state index in [-0.39, 0.29) is 13.0 Å². The van der Waals surface area contributed by atoms with E-state index in [1.165, 1.54) is 0 Å². The molecule has 114 valence electrons. The van der Waals surface area contributed by atoms with Crippen molar-refractivity contribution in [2.24, 2.45) is 0 Å². The summed E-state index contributed by atoms with van der Waals surface area (Å²) in [6.07, 6.45) is -3.29. The molecule has 0 saturated carbocycles. The largest absolute Gasteiger partial charge is 0.394 e. The Morgan fingerprint density at radius 2 is 1.79 bits per heavy atom. The Morgan fingerprint density at radius 3 is 2.47 bits per heavy atom. The van der Waals surface area contributed by atoms with Gasteiger partial charge in [0, 0.05) is 13.0 Å². The maximum absolute atomic E-state index is 9.58. The van der Waals surface area contributed by atoms with Crippen LogP contribution in [-0.2, 0) is 18.9 Å². The Hall–Kier alpha value is -0.280. The highest BCUT2D eigenvalue weighted by atomic mass is 16.7. The molecule has 0 bridgehead atoms. The van der Waals surface area contributed by atoms with Crippen LogP contribution in [0.1, 0.15) is 13.3 Å². The molecular weight excluding hydrogens is 256 g/mol. The summed E-state index contributed by atoms with van der Waals surface area (Å²) in [6.45, 7) is 3.99. The number of hydrogen-bond acceptors (Lipinski definition) is 7. The van der Waals surface area contributed by atoms with Crippen molar-refractivity contribution in [3.8, 4) is 0 Å². The van der Waals surface area contributed by atoms with Gasteiger partial charge in [-0.3, -0.25) is 0 Å². The van der Waals surface area contributed by atoms with Gasteiger partial charge in [-0.1, -0.05) is 0 Å². The maximum atomic E-state index is 9.58. The normalized spacial score (nSPS) is 31.6. The Balaban J connectivity index is 2.09. The molecule has 0 amide bonds. The predicted octanol–water partition coefficient (Wildman–Crippen LogP) is -1.11. The van der Waals surface area contributed by atoms with Gasteiger partial charge in [-0.2, -0.15) is 0 Å². The third kappa shape index (κ3) is 6.13. The summed E-state index contributed by atoms with van der Waals surface area (Å²) >= 11 is 0. The van der Waals surface area contributed by atoms with Crippen LogP contribution >= 0.6 is 0 Å². The smallest absolute Gasteiger partial charge is 0.160 e. The highest BCUT2D eigenvalue weighted by Crippen LogP contribution is 2.20. The third-order valence-electron chi connectivity index (χ3n) is 2.82. The lowest BCUT2D eigenvalue weighted by Gasteiger charge is -2.35. The van der Waals surface area contributed by atoms with E-state index in [2.05, 4.69) is 0 Å². The first-order valence-electron chi connectivity index (χ1n) is 6.58. The average molecular weight is 280 g/mol. The van der Waals surface area contributed by atoms with Crippen LogP contribution in [0.15, 0.2) is 0 Å². The van der Waals surface area contributed by atoms with Gasteiger partial charge in [-0.05, 0) is 6.92 Å². The van der Waals surface area contributed by atoms with Crippen LogP contribution in [0.2, 0.25) is 0 Å². The summed E-state index contributed by atoms with van der Waals surface area (Å²) in [7, 11) is 0. The SMILES string of the molecule is CCOCCOCCO[C@H]1C[C@@H](O)[C@@H](O)[C@@H](CO)O1. The zero-order valence-corrected chi connectivity index (χ0v) is 11.2. The van der Waals surface area contributed by atoms with E-state index in [0.29, 0.717) is 33.0 Å². The quantitative estimate of drug-likeness (QED) is 0.460. The van der Waals surface area contributed by atoms with Crippen molar-refractivity contribution < 1.29 is 34.3 Å². The van der Waals surface area contributed by atoms with Gasteiger partial charge in [-0.25, -0.2) is 0 Å². The van der Waals surface area contributed by atoms with Crippen LogP contribution in [0, 0.1) is 0 Å². The first-order chi connectivity index (χ1) is 9.19. The topological polar surface area (TPSA) is 97.6 Å². The molecule has 1 heterocycles. The summed E-state index contributed by atoms with van der Waals surface area (Å²) in [5, 5.41) is 28.1. The molecule has 1 aliphatic rings. The molecule has 3 N–H and O–H groups in total. The summed E-state index contributed by atoms with van der Waals surface area (Å²) in [5.41, 5.74) is 0. The molecule has 19 heavy (non-hydrogen) atoms. The molecule has 0 spiro atoms. The fourth-order valence-corrected chi connectivity index (χ4v) is 1.78. The van der Waals surface area contributed by atoms with Gasteiger partial charge >= 0.3 is 0 Å². The molecule has 0 aromatic heterocycles. The van der Waals surface area contributed by atoms with E-state index >= 15 is 0 Å². The minimum absolute atomic E-state index is 0.177. The lowest BCUT2D eigenvalue weighted by atomic mass is 10.0. The maximum Gasteiger partial charge on any atom is 0.160 e. The molecule has 0 aromatic carbocycles. The second-order valence-corrected chi connectivity index (χ2v) is 4.26. The van der Waals surface area contributed by atoms with E-state index in [0.717, 1.165) is 0 Å². The molecular formula is C12H24O7. The summed E-state index contributed by atoms with van der Waals surface area (Å²) in [6, 6.07) is 0. The molecule has 1 saturated heterocycles. The van der Waals surface area contributed by atoms with Crippen molar-refractivity contribution >= 4 is 0 Å². The zero-order chi connectivity index (χ0) is 14.1. The van der Waals surface area contributed by atoms with Crippen molar-refractivity contribution in [2.75, 3.05) is 39.6 Å². The van der Waals surface area contributed by atoms with Crippen molar-refractivity contribution in [2.45, 2.75) is 37.9 Å². The minimum Gasteiger partial charge on any atom is -0.394 e. The van der Waals surface area contributed by atoms with Gasteiger partial charge < -0.3 is 34.3 Å². The molecule has 0 aromatic rings. The Morgan fingerprint density at radius 1 is 1.11 bits per heavy atom. The fourth-order valence-electron chi connectivity index (χ4n) is 1.78. The summed E-state index contributed by atoms with van der Waals surface area (Å²) < 4.78 is 21.0. The Bertz CT molecular complexity index is 226. The fraction of sp³-hybridized carbons (Fsp3) is 1.00. The molecule has 1 aliphatic heterocycles. The molecule has 0 unspecified atom stereocenters. The number of aliphatic hydroxyl groups is 3. The Labute approximate surface area is 113 Å². The number of aliphatic hydroxyl groups excluding tert-OH is 3. The van der Waals surface area contributed by atoms with Gasteiger partial charge in [0.25, 0.3) is 0 Å². The second kappa shape index (κ2) is 9.60. The van der Waals surface area contributed by atoms with E-state index in [1.54, 1.807) is 0 Å². The van der Waals surface area contributed by atoms with Crippen LogP contribution in [0.5, 0.6) is 0 Å². The van der Waals surface area contributed by atoms with Crippen LogP contribution < -0.4 is 0 Å². The zero-order valence-electron chi connectivity index (χ0n) is 11.2. The van der Waals surface area contributed by atoms with Gasteiger partial charge in [0.2, 0.25) is 0 Å². The Kier molecular flexibility index (Phi) is 8.47. The molecule has 0 aliphatic carbocycles. The first-order valence-corrected chi connectivity index (χ1v) is 6.58. The van der Waals surface area contributed by atoms with Gasteiger partial charge in [0.1, 0.15) is 12.2 Å². The van der Waals surface area contributed by atoms with Crippen molar-refractivity contribution in [3.63, 3.8) is 0 Å². The number of rotatable bonds is 9. The van der Waals surface area contributed by atoms with Gasteiger partial charge in [0.15, 0.2) is 6.29 Å². The number of ether oxygens (including phenoxy) is 4. The lowest BCUT2D eigenvalue weighted by molar-refractivity contribution is -0.258. The molecule has 1 fully saturated rings. The molecule has 7 heteroatoms. The van der Waals surface area contributed by atoms with Crippen LogP contribution in [0.4, 0.5) is 0 Å². The summed E-state index contributed by atoms with van der Waals surface area (Å²) in [5.74, 6) is 0. The highest BCUT2D eigenvalue weighted by Gasteiger charge is 2.36. The molecule has 4 atom stereocenters. The van der Waals surface area contributed by atoms with Gasteiger partial charge in [-0.15, -0.1) is 0 Å². The molecule has 7 nitrogen and oxygen atoms in total. The minimum atomic E-state index is -1.08. The third-order valence-corrected chi connectivity index (χ3v) is 2.82. The van der Waals surface area contributed by atoms with Crippen molar-refractivity contribution in [1.82, 2.24) is 0 Å². The second-order valence-electron chi connectivity index (χ2n) is 4.26. The van der Waals surface area contributed by atoms with Crippen molar-refractivity contribution in [1.29, 1.82) is 0 Å². The van der Waals surface area contributed by atoms with E-state index in [4.69, 9.17) is 24.1 Å². The average Bonchev–Trinajstić information content (AvgIpc) is 2.41.